The summed E-state index contributed by atoms with van der Waals surface area (Å²) in [5, 5.41) is 23.0. The lowest BCUT2D eigenvalue weighted by molar-refractivity contribution is -0.117. The van der Waals surface area contributed by atoms with Crippen LogP contribution in [0.5, 0.6) is 0 Å². The summed E-state index contributed by atoms with van der Waals surface area (Å²) >= 11 is 0. The third kappa shape index (κ3) is 4.25. The Morgan fingerprint density at radius 2 is 2.04 bits per heavy atom. The second kappa shape index (κ2) is 9.19. The van der Waals surface area contributed by atoms with Gasteiger partial charge in [-0.15, -0.1) is 0 Å². The quantitative estimate of drug-likeness (QED) is 0.570. The molecule has 0 aliphatic carbocycles. The molecule has 0 aromatic heterocycles. The summed E-state index contributed by atoms with van der Waals surface area (Å²) in [6.07, 6.45) is 2.84. The van der Waals surface area contributed by atoms with Crippen LogP contribution < -0.4 is 10.2 Å². The first kappa shape index (κ1) is 21.2. The number of benzene rings is 1. The zero-order valence-electron chi connectivity index (χ0n) is 16.3. The van der Waals surface area contributed by atoms with E-state index in [1.165, 1.54) is 7.11 Å². The zero-order chi connectivity index (χ0) is 20.0. The molecule has 7 nitrogen and oxygen atoms in total. The molecule has 0 radical (unpaired) electrons. The Morgan fingerprint density at radius 1 is 1.33 bits per heavy atom. The average Bonchev–Trinajstić information content (AvgIpc) is 3.02. The number of aliphatic hydroxyl groups excluding tert-OH is 2. The van der Waals surface area contributed by atoms with Crippen LogP contribution >= 0.6 is 0 Å². The molecule has 7 heteroatoms. The first-order valence-corrected chi connectivity index (χ1v) is 9.50. The fraction of sp³-hybridized carbons (Fsp3) is 0.600. The van der Waals surface area contributed by atoms with E-state index in [1.54, 1.807) is 23.1 Å². The second-order valence-corrected chi connectivity index (χ2v) is 6.97. The van der Waals surface area contributed by atoms with E-state index in [0.717, 1.165) is 12.8 Å². The van der Waals surface area contributed by atoms with Crippen LogP contribution in [0.3, 0.4) is 0 Å². The molecular weight excluding hydrogens is 348 g/mol. The van der Waals surface area contributed by atoms with Crippen molar-refractivity contribution in [3.8, 4) is 0 Å². The van der Waals surface area contributed by atoms with Crippen molar-refractivity contribution in [3.05, 3.63) is 23.8 Å². The van der Waals surface area contributed by atoms with Crippen LogP contribution in [-0.4, -0.2) is 54.0 Å². The number of methoxy groups -OCH3 is 1. The van der Waals surface area contributed by atoms with Crippen LogP contribution in [0.15, 0.2) is 18.2 Å². The largest absolute Gasteiger partial charge is 0.465 e. The van der Waals surface area contributed by atoms with Crippen molar-refractivity contribution in [1.82, 2.24) is 0 Å². The van der Waals surface area contributed by atoms with Crippen LogP contribution in [0.2, 0.25) is 0 Å². The van der Waals surface area contributed by atoms with Gasteiger partial charge in [0.25, 0.3) is 0 Å². The van der Waals surface area contributed by atoms with Gasteiger partial charge in [0.05, 0.1) is 36.2 Å². The van der Waals surface area contributed by atoms with Gasteiger partial charge in [-0.25, -0.2) is 4.79 Å². The van der Waals surface area contributed by atoms with Gasteiger partial charge >= 0.3 is 5.97 Å². The third-order valence-electron chi connectivity index (χ3n) is 5.40. The molecular formula is C20H30N2O5. The van der Waals surface area contributed by atoms with E-state index in [-0.39, 0.29) is 25.2 Å². The van der Waals surface area contributed by atoms with E-state index in [2.05, 4.69) is 19.2 Å². The van der Waals surface area contributed by atoms with Gasteiger partial charge in [-0.05, 0) is 43.9 Å². The van der Waals surface area contributed by atoms with E-state index >= 15 is 0 Å². The van der Waals surface area contributed by atoms with Crippen LogP contribution in [-0.2, 0) is 9.53 Å². The normalized spacial score (nSPS) is 19.6. The zero-order valence-corrected chi connectivity index (χ0v) is 16.3. The molecule has 1 unspecified atom stereocenters. The summed E-state index contributed by atoms with van der Waals surface area (Å²) in [6, 6.07) is 5.19. The van der Waals surface area contributed by atoms with Crippen molar-refractivity contribution < 1.29 is 24.5 Å². The Bertz CT molecular complexity index is 674. The van der Waals surface area contributed by atoms with Gasteiger partial charge in [0.1, 0.15) is 0 Å². The molecule has 3 N–H and O–H groups in total. The Kier molecular flexibility index (Phi) is 7.21. The highest BCUT2D eigenvalue weighted by atomic mass is 16.5. The number of carbonyl (C=O) groups is 2. The van der Waals surface area contributed by atoms with Gasteiger partial charge in [-0.2, -0.15) is 0 Å². The number of nitrogens with one attached hydrogen (secondary N) is 1. The van der Waals surface area contributed by atoms with E-state index < -0.39 is 11.5 Å². The van der Waals surface area contributed by atoms with Crippen molar-refractivity contribution in [2.24, 2.45) is 0 Å². The number of anilines is 2. The maximum absolute atomic E-state index is 12.7. The standard InChI is InChI=1S/C20H30N2O5/c1-4-15(5-2)21-16-12-14(19(26)27-3)6-7-17(16)22-18(25)8-9-20(22,13-24)10-11-23/h6-7,12,15,21,23-24H,4-5,8-11,13H2,1-3H3. The van der Waals surface area contributed by atoms with Gasteiger partial charge in [0.15, 0.2) is 0 Å². The summed E-state index contributed by atoms with van der Waals surface area (Å²) in [5.41, 5.74) is 0.818. The summed E-state index contributed by atoms with van der Waals surface area (Å²) < 4.78 is 4.82. The van der Waals surface area contributed by atoms with Gasteiger partial charge in [-0.1, -0.05) is 13.8 Å². The summed E-state index contributed by atoms with van der Waals surface area (Å²) in [6.45, 7) is 3.77. The molecule has 0 spiro atoms. The predicted octanol–water partition coefficient (Wildman–Crippen LogP) is 2.31. The number of esters is 1. The average molecular weight is 378 g/mol. The van der Waals surface area contributed by atoms with Gasteiger partial charge < -0.3 is 25.2 Å². The van der Waals surface area contributed by atoms with Gasteiger partial charge in [0, 0.05) is 19.1 Å². The lowest BCUT2D eigenvalue weighted by Gasteiger charge is -2.38. The van der Waals surface area contributed by atoms with Crippen molar-refractivity contribution in [3.63, 3.8) is 0 Å². The second-order valence-electron chi connectivity index (χ2n) is 6.97. The van der Waals surface area contributed by atoms with E-state index in [9.17, 15) is 19.8 Å². The SMILES string of the molecule is CCC(CC)Nc1cc(C(=O)OC)ccc1N1C(=O)CCC1(CO)CCO. The molecule has 1 aliphatic heterocycles. The molecule has 2 rings (SSSR count). The minimum Gasteiger partial charge on any atom is -0.465 e. The minimum atomic E-state index is -0.830. The molecule has 1 aromatic rings. The fourth-order valence-electron chi connectivity index (χ4n) is 3.70. The lowest BCUT2D eigenvalue weighted by atomic mass is 9.92. The Hall–Kier alpha value is -2.12. The number of nitrogens with zero attached hydrogens (tertiary/aromatic N) is 1. The Balaban J connectivity index is 2.55. The van der Waals surface area contributed by atoms with Crippen LogP contribution in [0, 0.1) is 0 Å². The molecule has 0 bridgehead atoms. The molecule has 1 aromatic carbocycles. The maximum atomic E-state index is 12.7. The number of carbonyl (C=O) groups excluding carboxylic acids is 2. The highest BCUT2D eigenvalue weighted by Crippen LogP contribution is 2.41. The smallest absolute Gasteiger partial charge is 0.337 e. The number of amides is 1. The van der Waals surface area contributed by atoms with Crippen molar-refractivity contribution in [1.29, 1.82) is 0 Å². The summed E-state index contributed by atoms with van der Waals surface area (Å²) in [7, 11) is 1.33. The lowest BCUT2D eigenvalue weighted by Crippen LogP contribution is -2.50. The predicted molar refractivity (Wildman–Crippen MR) is 104 cm³/mol. The highest BCUT2D eigenvalue weighted by molar-refractivity contribution is 6.02. The fourth-order valence-corrected chi connectivity index (χ4v) is 3.70. The van der Waals surface area contributed by atoms with Crippen molar-refractivity contribution in [2.45, 2.75) is 57.5 Å². The van der Waals surface area contributed by atoms with Gasteiger partial charge in [0.2, 0.25) is 5.91 Å². The molecule has 1 saturated heterocycles. The topological polar surface area (TPSA) is 99.1 Å². The van der Waals surface area contributed by atoms with Crippen LogP contribution in [0.4, 0.5) is 11.4 Å². The molecule has 150 valence electrons. The van der Waals surface area contributed by atoms with Crippen molar-refractivity contribution >= 4 is 23.3 Å². The molecule has 0 saturated carbocycles. The molecule has 1 amide bonds. The first-order chi connectivity index (χ1) is 13.0. The highest BCUT2D eigenvalue weighted by Gasteiger charge is 2.46. The summed E-state index contributed by atoms with van der Waals surface area (Å²) in [4.78, 5) is 26.3. The Morgan fingerprint density at radius 3 is 2.59 bits per heavy atom. The van der Waals surface area contributed by atoms with Gasteiger partial charge in [-0.3, -0.25) is 4.79 Å². The number of ether oxygens (including phenoxy) is 1. The summed E-state index contributed by atoms with van der Waals surface area (Å²) in [5.74, 6) is -0.554. The van der Waals surface area contributed by atoms with Crippen molar-refractivity contribution in [2.75, 3.05) is 30.5 Å². The van der Waals surface area contributed by atoms with Crippen LogP contribution in [0.25, 0.3) is 0 Å². The number of rotatable bonds is 9. The maximum Gasteiger partial charge on any atom is 0.337 e. The molecule has 1 heterocycles. The molecule has 1 fully saturated rings. The first-order valence-electron chi connectivity index (χ1n) is 9.50. The molecule has 1 atom stereocenters. The van der Waals surface area contributed by atoms with E-state index in [1.807, 2.05) is 0 Å². The number of hydrogen-bond acceptors (Lipinski definition) is 6. The third-order valence-corrected chi connectivity index (χ3v) is 5.40. The molecule has 1 aliphatic rings. The minimum absolute atomic E-state index is 0.101. The molecule has 27 heavy (non-hydrogen) atoms. The number of aliphatic hydroxyl groups is 2. The monoisotopic (exact) mass is 378 g/mol. The van der Waals surface area contributed by atoms with E-state index in [4.69, 9.17) is 4.74 Å². The van der Waals surface area contributed by atoms with E-state index in [0.29, 0.717) is 36.2 Å². The van der Waals surface area contributed by atoms with Crippen LogP contribution in [0.1, 0.15) is 56.3 Å². The number of hydrogen-bond donors (Lipinski definition) is 3. The Labute approximate surface area is 160 Å².